The third kappa shape index (κ3) is 2.12. The molecule has 2 aromatic rings. The number of hydrogen-bond acceptors (Lipinski definition) is 3. The van der Waals surface area contributed by atoms with Crippen LogP contribution in [0.4, 0.5) is 4.39 Å². The summed E-state index contributed by atoms with van der Waals surface area (Å²) >= 11 is 4.19. The maximum atomic E-state index is 13.5. The molecule has 0 spiro atoms. The van der Waals surface area contributed by atoms with Crippen molar-refractivity contribution in [2.45, 2.75) is 0 Å². The summed E-state index contributed by atoms with van der Waals surface area (Å²) < 4.78 is 17.9. The first kappa shape index (κ1) is 11.2. The molecule has 1 aromatic heterocycles. The van der Waals surface area contributed by atoms with Crippen LogP contribution in [-0.4, -0.2) is 15.4 Å². The van der Waals surface area contributed by atoms with Crippen LogP contribution < -0.4 is 0 Å². The highest BCUT2D eigenvalue weighted by Gasteiger charge is 2.13. The zero-order chi connectivity index (χ0) is 11.7. The van der Waals surface area contributed by atoms with Crippen LogP contribution in [0.1, 0.15) is 10.5 Å². The van der Waals surface area contributed by atoms with Gasteiger partial charge in [0, 0.05) is 10.0 Å². The van der Waals surface area contributed by atoms with E-state index in [4.69, 9.17) is 5.11 Å². The maximum absolute atomic E-state index is 13.5. The lowest BCUT2D eigenvalue weighted by molar-refractivity contribution is 0.0692. The predicted octanol–water partition coefficient (Wildman–Crippen LogP) is 3.41. The first-order valence-electron chi connectivity index (χ1n) is 4.23. The Morgan fingerprint density at radius 2 is 2.19 bits per heavy atom. The molecule has 1 aromatic carbocycles. The van der Waals surface area contributed by atoms with E-state index in [1.807, 2.05) is 0 Å². The number of halogens is 2. The highest BCUT2D eigenvalue weighted by Crippen LogP contribution is 2.29. The van der Waals surface area contributed by atoms with Gasteiger partial charge in [-0.3, -0.25) is 0 Å². The molecule has 1 N–H and O–H groups in total. The van der Waals surface area contributed by atoms with E-state index < -0.39 is 11.8 Å². The summed E-state index contributed by atoms with van der Waals surface area (Å²) in [7, 11) is 0. The van der Waals surface area contributed by atoms with Crippen LogP contribution in [0.2, 0.25) is 0 Å². The molecule has 0 bridgehead atoms. The van der Waals surface area contributed by atoms with Gasteiger partial charge in [-0.1, -0.05) is 15.9 Å². The molecule has 16 heavy (non-hydrogen) atoms. The fourth-order valence-electron chi connectivity index (χ4n) is 1.19. The van der Waals surface area contributed by atoms with E-state index in [1.54, 1.807) is 12.1 Å². The first-order chi connectivity index (χ1) is 7.58. The number of carbonyl (C=O) groups is 1. The van der Waals surface area contributed by atoms with E-state index in [9.17, 15) is 9.18 Å². The molecule has 0 aliphatic carbocycles. The van der Waals surface area contributed by atoms with Crippen molar-refractivity contribution < 1.29 is 14.3 Å². The zero-order valence-electron chi connectivity index (χ0n) is 7.78. The van der Waals surface area contributed by atoms with Crippen molar-refractivity contribution >= 4 is 33.4 Å². The van der Waals surface area contributed by atoms with Crippen LogP contribution in [0.15, 0.2) is 28.7 Å². The Morgan fingerprint density at radius 1 is 1.44 bits per heavy atom. The molecule has 0 amide bonds. The number of carboxylic acids is 1. The van der Waals surface area contributed by atoms with E-state index in [1.165, 1.54) is 12.1 Å². The van der Waals surface area contributed by atoms with Crippen LogP contribution in [0.25, 0.3) is 10.4 Å². The third-order valence-electron chi connectivity index (χ3n) is 1.92. The van der Waals surface area contributed by atoms with Gasteiger partial charge in [-0.25, -0.2) is 9.18 Å². The molecule has 0 atom stereocenters. The SMILES string of the molecule is O=C(O)c1cc(-c2cc(Br)ccc2F)sn1. The summed E-state index contributed by atoms with van der Waals surface area (Å²) in [6, 6.07) is 5.85. The first-order valence-corrected chi connectivity index (χ1v) is 5.80. The topological polar surface area (TPSA) is 50.2 Å². The van der Waals surface area contributed by atoms with Gasteiger partial charge in [0.15, 0.2) is 5.69 Å². The molecule has 0 saturated carbocycles. The Kier molecular flexibility index (Phi) is 3.02. The van der Waals surface area contributed by atoms with Crippen molar-refractivity contribution in [1.29, 1.82) is 0 Å². The normalized spacial score (nSPS) is 10.4. The van der Waals surface area contributed by atoms with Crippen molar-refractivity contribution in [2.75, 3.05) is 0 Å². The number of rotatable bonds is 2. The summed E-state index contributed by atoms with van der Waals surface area (Å²) in [4.78, 5) is 11.1. The Hall–Kier alpha value is -1.27. The largest absolute Gasteiger partial charge is 0.476 e. The van der Waals surface area contributed by atoms with Crippen LogP contribution in [0, 0.1) is 5.82 Å². The zero-order valence-corrected chi connectivity index (χ0v) is 10.2. The monoisotopic (exact) mass is 301 g/mol. The minimum absolute atomic E-state index is 0.0700. The van der Waals surface area contributed by atoms with Gasteiger partial charge in [-0.2, -0.15) is 4.37 Å². The number of aromatic carboxylic acids is 1. The molecule has 2 rings (SSSR count). The third-order valence-corrected chi connectivity index (χ3v) is 3.24. The smallest absolute Gasteiger partial charge is 0.355 e. The average Bonchev–Trinajstić information content (AvgIpc) is 2.70. The highest BCUT2D eigenvalue weighted by atomic mass is 79.9. The van der Waals surface area contributed by atoms with Crippen LogP contribution in [0.5, 0.6) is 0 Å². The fraction of sp³-hybridized carbons (Fsp3) is 0. The molecule has 0 aliphatic heterocycles. The fourth-order valence-corrected chi connectivity index (χ4v) is 2.30. The lowest BCUT2D eigenvalue weighted by atomic mass is 10.1. The number of benzene rings is 1. The summed E-state index contributed by atoms with van der Waals surface area (Å²) in [6.07, 6.45) is 0. The number of carboxylic acid groups (broad SMARTS) is 1. The van der Waals surface area contributed by atoms with Gasteiger partial charge in [0.25, 0.3) is 0 Å². The van der Waals surface area contributed by atoms with Crippen molar-refractivity contribution in [1.82, 2.24) is 4.37 Å². The molecule has 1 heterocycles. The molecular weight excluding hydrogens is 297 g/mol. The van der Waals surface area contributed by atoms with E-state index in [-0.39, 0.29) is 5.69 Å². The van der Waals surface area contributed by atoms with E-state index in [0.717, 1.165) is 16.0 Å². The van der Waals surface area contributed by atoms with Gasteiger partial charge < -0.3 is 5.11 Å². The summed E-state index contributed by atoms with van der Waals surface area (Å²) in [6.45, 7) is 0. The van der Waals surface area contributed by atoms with Gasteiger partial charge in [-0.15, -0.1) is 0 Å². The van der Waals surface area contributed by atoms with Gasteiger partial charge in [0.05, 0.1) is 4.88 Å². The minimum Gasteiger partial charge on any atom is -0.476 e. The average molecular weight is 302 g/mol. The molecule has 0 radical (unpaired) electrons. The lowest BCUT2D eigenvalue weighted by Crippen LogP contribution is -1.94. The summed E-state index contributed by atoms with van der Waals surface area (Å²) in [5.41, 5.74) is 0.277. The van der Waals surface area contributed by atoms with Gasteiger partial charge in [-0.05, 0) is 35.8 Å². The van der Waals surface area contributed by atoms with Crippen molar-refractivity contribution in [3.05, 3.63) is 40.2 Å². The Bertz CT molecular complexity index is 556. The molecule has 0 aliphatic rings. The maximum Gasteiger partial charge on any atom is 0.355 e. The van der Waals surface area contributed by atoms with E-state index >= 15 is 0 Å². The lowest BCUT2D eigenvalue weighted by Gasteiger charge is -1.99. The van der Waals surface area contributed by atoms with Crippen molar-refractivity contribution in [2.24, 2.45) is 0 Å². The second kappa shape index (κ2) is 4.31. The second-order valence-electron chi connectivity index (χ2n) is 3.01. The molecule has 0 saturated heterocycles. The molecular formula is C10H5BrFNO2S. The number of aromatic nitrogens is 1. The molecule has 0 fully saturated rings. The van der Waals surface area contributed by atoms with Gasteiger partial charge in [0.1, 0.15) is 5.82 Å². The van der Waals surface area contributed by atoms with Crippen LogP contribution >= 0.6 is 27.5 Å². The van der Waals surface area contributed by atoms with E-state index in [2.05, 4.69) is 20.3 Å². The van der Waals surface area contributed by atoms with E-state index in [0.29, 0.717) is 10.4 Å². The highest BCUT2D eigenvalue weighted by molar-refractivity contribution is 9.10. The second-order valence-corrected chi connectivity index (χ2v) is 4.73. The predicted molar refractivity (Wildman–Crippen MR) is 62.2 cm³/mol. The Labute approximate surface area is 103 Å². The minimum atomic E-state index is -1.11. The Balaban J connectivity index is 2.50. The number of hydrogen-bond donors (Lipinski definition) is 1. The summed E-state index contributed by atoms with van der Waals surface area (Å²) in [5.74, 6) is -1.51. The van der Waals surface area contributed by atoms with Gasteiger partial charge >= 0.3 is 5.97 Å². The van der Waals surface area contributed by atoms with Crippen LogP contribution in [-0.2, 0) is 0 Å². The molecule has 3 nitrogen and oxygen atoms in total. The summed E-state index contributed by atoms with van der Waals surface area (Å²) in [5, 5.41) is 8.71. The van der Waals surface area contributed by atoms with Crippen LogP contribution in [0.3, 0.4) is 0 Å². The van der Waals surface area contributed by atoms with Crippen molar-refractivity contribution in [3.63, 3.8) is 0 Å². The molecule has 6 heteroatoms. The number of nitrogens with zero attached hydrogens (tertiary/aromatic N) is 1. The quantitative estimate of drug-likeness (QED) is 0.925. The standard InChI is InChI=1S/C10H5BrFNO2S/c11-5-1-2-7(12)6(3-5)9-4-8(10(14)15)13-16-9/h1-4H,(H,14,15). The van der Waals surface area contributed by atoms with Gasteiger partial charge in [0.2, 0.25) is 0 Å². The Morgan fingerprint density at radius 3 is 2.81 bits per heavy atom. The van der Waals surface area contributed by atoms with Crippen molar-refractivity contribution in [3.8, 4) is 10.4 Å². The molecule has 82 valence electrons. The molecule has 0 unspecified atom stereocenters.